The molecule has 2 aromatic heterocycles. The molecular weight excluding hydrogens is 554 g/mol. The van der Waals surface area contributed by atoms with E-state index in [0.29, 0.717) is 34.3 Å². The predicted molar refractivity (Wildman–Crippen MR) is 162 cm³/mol. The Bertz CT molecular complexity index is 1490. The maximum Gasteiger partial charge on any atom is 0.332 e. The first-order chi connectivity index (χ1) is 18.8. The van der Waals surface area contributed by atoms with Crippen LogP contribution in [0.25, 0.3) is 11.2 Å². The quantitative estimate of drug-likeness (QED) is 0.266. The molecule has 0 radical (unpaired) electrons. The minimum absolute atomic E-state index is 0.315. The Morgan fingerprint density at radius 3 is 2.18 bits per heavy atom. The summed E-state index contributed by atoms with van der Waals surface area (Å²) in [5.41, 5.74) is 3.53. The average Bonchev–Trinajstić information content (AvgIpc) is 3.60. The zero-order valence-electron chi connectivity index (χ0n) is 23.1. The van der Waals surface area contributed by atoms with Crippen LogP contribution in [-0.2, 0) is 20.6 Å². The highest BCUT2D eigenvalue weighted by molar-refractivity contribution is 9.10. The lowest BCUT2D eigenvalue weighted by Crippen LogP contribution is -2.37. The molecule has 1 unspecified atom stereocenters. The molecular formula is C31H38BrN5O2. The van der Waals surface area contributed by atoms with E-state index in [9.17, 15) is 9.59 Å². The monoisotopic (exact) mass is 591 g/mol. The fourth-order valence-electron chi connectivity index (χ4n) is 5.41. The lowest BCUT2D eigenvalue weighted by molar-refractivity contribution is 0.458. The summed E-state index contributed by atoms with van der Waals surface area (Å²) in [5.74, 6) is 0.944. The maximum absolute atomic E-state index is 12.8. The van der Waals surface area contributed by atoms with Crippen molar-refractivity contribution in [3.63, 3.8) is 0 Å². The van der Waals surface area contributed by atoms with Crippen molar-refractivity contribution >= 4 is 27.1 Å². The molecule has 1 atom stereocenters. The number of allylic oxidation sites excluding steroid dienone is 1. The van der Waals surface area contributed by atoms with E-state index in [0.717, 1.165) is 28.8 Å². The third-order valence-electron chi connectivity index (χ3n) is 7.50. The predicted octanol–water partition coefficient (Wildman–Crippen LogP) is 5.72. The van der Waals surface area contributed by atoms with Crippen molar-refractivity contribution in [2.75, 3.05) is 6.54 Å². The van der Waals surface area contributed by atoms with Crippen molar-refractivity contribution in [2.24, 2.45) is 20.0 Å². The molecule has 39 heavy (non-hydrogen) atoms. The first-order valence-corrected chi connectivity index (χ1v) is 14.5. The third kappa shape index (κ3) is 6.44. The van der Waals surface area contributed by atoms with Crippen LogP contribution in [0.2, 0.25) is 0 Å². The molecule has 1 fully saturated rings. The number of aromatic nitrogens is 4. The van der Waals surface area contributed by atoms with Crippen molar-refractivity contribution in [3.8, 4) is 0 Å². The standard InChI is InChI=1S/C25H32BrN5O2.C6H6/c1-5-14-27-16(2)20(18-8-6-7-9-18)19-12-10-17(11-13-19)15-31-21-22(28-24(31)26)29(3)25(33)30(4)23(21)32;1-2-4-6-5-3-1/h10-13,18,20,27H,2,5-9,14-15H2,1,3-4H3;1-6H. The molecule has 0 aliphatic heterocycles. The lowest BCUT2D eigenvalue weighted by Gasteiger charge is -2.27. The van der Waals surface area contributed by atoms with Crippen LogP contribution in [0.5, 0.6) is 0 Å². The Hall–Kier alpha value is -3.39. The van der Waals surface area contributed by atoms with Crippen molar-refractivity contribution in [3.05, 3.63) is 110 Å². The molecule has 1 aliphatic carbocycles. The molecule has 5 rings (SSSR count). The summed E-state index contributed by atoms with van der Waals surface area (Å²) in [6.45, 7) is 7.97. The molecule has 8 heteroatoms. The summed E-state index contributed by atoms with van der Waals surface area (Å²) in [7, 11) is 3.12. The van der Waals surface area contributed by atoms with Gasteiger partial charge >= 0.3 is 5.69 Å². The van der Waals surface area contributed by atoms with Gasteiger partial charge < -0.3 is 9.88 Å². The summed E-state index contributed by atoms with van der Waals surface area (Å²) < 4.78 is 4.88. The zero-order chi connectivity index (χ0) is 27.9. The van der Waals surface area contributed by atoms with E-state index in [-0.39, 0.29) is 11.2 Å². The molecule has 2 heterocycles. The summed E-state index contributed by atoms with van der Waals surface area (Å²) in [6, 6.07) is 20.6. The van der Waals surface area contributed by atoms with E-state index in [1.165, 1.54) is 42.9 Å². The highest BCUT2D eigenvalue weighted by Gasteiger charge is 2.28. The van der Waals surface area contributed by atoms with Crippen LogP contribution in [0.1, 0.15) is 56.1 Å². The zero-order valence-corrected chi connectivity index (χ0v) is 24.7. The second kappa shape index (κ2) is 13.1. The maximum atomic E-state index is 12.8. The first-order valence-electron chi connectivity index (χ1n) is 13.7. The van der Waals surface area contributed by atoms with Gasteiger partial charge in [0.05, 0.1) is 6.54 Å². The van der Waals surface area contributed by atoms with Crippen molar-refractivity contribution in [1.29, 1.82) is 0 Å². The molecule has 1 N–H and O–H groups in total. The fourth-order valence-corrected chi connectivity index (χ4v) is 5.88. The van der Waals surface area contributed by atoms with Gasteiger partial charge in [0.15, 0.2) is 15.9 Å². The largest absolute Gasteiger partial charge is 0.388 e. The summed E-state index contributed by atoms with van der Waals surface area (Å²) in [5, 5.41) is 3.53. The van der Waals surface area contributed by atoms with Gasteiger partial charge in [-0.2, -0.15) is 0 Å². The second-order valence-electron chi connectivity index (χ2n) is 10.2. The lowest BCUT2D eigenvalue weighted by atomic mass is 9.82. The highest BCUT2D eigenvalue weighted by atomic mass is 79.9. The normalized spacial score (nSPS) is 14.2. The van der Waals surface area contributed by atoms with E-state index < -0.39 is 0 Å². The number of fused-ring (bicyclic) bond motifs is 1. The SMILES string of the molecule is C=C(NCCC)C(c1ccc(Cn2c(Br)nc3c2c(=O)n(C)c(=O)n3C)cc1)C1CCCC1.c1ccccc1. The van der Waals surface area contributed by atoms with Gasteiger partial charge in [0.1, 0.15) is 0 Å². The smallest absolute Gasteiger partial charge is 0.332 e. The number of rotatable bonds is 8. The van der Waals surface area contributed by atoms with Crippen LogP contribution >= 0.6 is 15.9 Å². The van der Waals surface area contributed by atoms with Crippen LogP contribution in [0.15, 0.2) is 87.3 Å². The molecule has 0 spiro atoms. The number of hydrogen-bond acceptors (Lipinski definition) is 4. The summed E-state index contributed by atoms with van der Waals surface area (Å²) >= 11 is 3.48. The number of aryl methyl sites for hydroxylation is 1. The van der Waals surface area contributed by atoms with Gasteiger partial charge in [-0.1, -0.05) is 87.0 Å². The van der Waals surface area contributed by atoms with E-state index in [1.54, 1.807) is 7.05 Å². The Balaban J connectivity index is 0.000000519. The van der Waals surface area contributed by atoms with Crippen LogP contribution in [0.4, 0.5) is 0 Å². The number of nitrogens with one attached hydrogen (secondary N) is 1. The topological polar surface area (TPSA) is 73.8 Å². The number of halogens is 1. The summed E-state index contributed by atoms with van der Waals surface area (Å²) in [4.78, 5) is 29.5. The molecule has 206 valence electrons. The van der Waals surface area contributed by atoms with Crippen LogP contribution in [-0.4, -0.2) is 25.2 Å². The van der Waals surface area contributed by atoms with E-state index in [1.807, 2.05) is 41.0 Å². The molecule has 0 bridgehead atoms. The average molecular weight is 593 g/mol. The minimum Gasteiger partial charge on any atom is -0.388 e. The van der Waals surface area contributed by atoms with E-state index >= 15 is 0 Å². The molecule has 4 aromatic rings. The number of benzene rings is 2. The van der Waals surface area contributed by atoms with Gasteiger partial charge in [0.25, 0.3) is 5.56 Å². The molecule has 0 amide bonds. The van der Waals surface area contributed by atoms with Gasteiger partial charge in [0, 0.05) is 32.3 Å². The Morgan fingerprint density at radius 2 is 1.62 bits per heavy atom. The third-order valence-corrected chi connectivity index (χ3v) is 8.10. The van der Waals surface area contributed by atoms with Crippen LogP contribution in [0, 0.1) is 5.92 Å². The second-order valence-corrected chi connectivity index (χ2v) is 10.9. The summed E-state index contributed by atoms with van der Waals surface area (Å²) in [6.07, 6.45) is 6.15. The molecule has 7 nitrogen and oxygen atoms in total. The highest BCUT2D eigenvalue weighted by Crippen LogP contribution is 2.40. The Morgan fingerprint density at radius 1 is 1.03 bits per heavy atom. The van der Waals surface area contributed by atoms with Crippen LogP contribution < -0.4 is 16.6 Å². The number of nitrogens with zero attached hydrogens (tertiary/aromatic N) is 4. The van der Waals surface area contributed by atoms with Gasteiger partial charge in [-0.15, -0.1) is 0 Å². The molecule has 2 aromatic carbocycles. The Labute approximate surface area is 238 Å². The van der Waals surface area contributed by atoms with Gasteiger partial charge in [0.2, 0.25) is 0 Å². The number of hydrogen-bond donors (Lipinski definition) is 1. The van der Waals surface area contributed by atoms with Crippen molar-refractivity contribution in [2.45, 2.75) is 51.5 Å². The first kappa shape index (κ1) is 28.6. The van der Waals surface area contributed by atoms with Gasteiger partial charge in [-0.3, -0.25) is 13.9 Å². The van der Waals surface area contributed by atoms with E-state index in [4.69, 9.17) is 0 Å². The van der Waals surface area contributed by atoms with Gasteiger partial charge in [-0.05, 0) is 52.2 Å². The molecule has 1 aliphatic rings. The number of imidazole rings is 1. The van der Waals surface area contributed by atoms with Crippen LogP contribution in [0.3, 0.4) is 0 Å². The minimum atomic E-state index is -0.385. The van der Waals surface area contributed by atoms with Crippen molar-refractivity contribution < 1.29 is 0 Å². The van der Waals surface area contributed by atoms with Crippen molar-refractivity contribution in [1.82, 2.24) is 24.0 Å². The van der Waals surface area contributed by atoms with Gasteiger partial charge in [-0.25, -0.2) is 9.78 Å². The molecule has 0 saturated heterocycles. The molecule has 1 saturated carbocycles. The fraction of sp³-hybridized carbons (Fsp3) is 0.387. The van der Waals surface area contributed by atoms with E-state index in [2.05, 4.69) is 64.0 Å². The Kier molecular flexibility index (Phi) is 9.62.